The highest BCUT2D eigenvalue weighted by Crippen LogP contribution is 2.33. The number of benzene rings is 1. The predicted molar refractivity (Wildman–Crippen MR) is 83.5 cm³/mol. The Morgan fingerprint density at radius 3 is 2.90 bits per heavy atom. The van der Waals surface area contributed by atoms with Gasteiger partial charge in [-0.15, -0.1) is 0 Å². The van der Waals surface area contributed by atoms with Gasteiger partial charge in [0.1, 0.15) is 12.5 Å². The Balaban J connectivity index is 1.71. The second-order valence-electron chi connectivity index (χ2n) is 5.75. The van der Waals surface area contributed by atoms with E-state index in [-0.39, 0.29) is 0 Å². The number of ether oxygens (including phenoxy) is 1. The maximum atomic E-state index is 5.67. The van der Waals surface area contributed by atoms with Crippen molar-refractivity contribution < 1.29 is 4.74 Å². The van der Waals surface area contributed by atoms with Crippen LogP contribution in [0.5, 0.6) is 0 Å². The molecule has 0 aliphatic carbocycles. The standard InChI is InChI=1S/C17H19N3O/c1-19-12-21-11-15-16(19)6-8-18-17(15)20-9-7-13-4-2-3-5-14(13)10-20/h2-6,8H,7,9-12H2,1H3. The Kier molecular flexibility index (Phi) is 3.04. The highest BCUT2D eigenvalue weighted by atomic mass is 16.5. The molecular formula is C17H19N3O. The van der Waals surface area contributed by atoms with E-state index < -0.39 is 0 Å². The van der Waals surface area contributed by atoms with Crippen molar-refractivity contribution in [1.29, 1.82) is 0 Å². The molecule has 4 heteroatoms. The van der Waals surface area contributed by atoms with Crippen molar-refractivity contribution in [3.63, 3.8) is 0 Å². The molecule has 4 rings (SSSR count). The van der Waals surface area contributed by atoms with Gasteiger partial charge in [-0.3, -0.25) is 0 Å². The smallest absolute Gasteiger partial charge is 0.136 e. The highest BCUT2D eigenvalue weighted by molar-refractivity contribution is 5.64. The molecule has 0 saturated carbocycles. The molecule has 2 aliphatic heterocycles. The molecule has 0 spiro atoms. The number of fused-ring (bicyclic) bond motifs is 2. The van der Waals surface area contributed by atoms with Gasteiger partial charge >= 0.3 is 0 Å². The van der Waals surface area contributed by atoms with Crippen molar-refractivity contribution >= 4 is 11.5 Å². The van der Waals surface area contributed by atoms with Gasteiger partial charge in [0.05, 0.1) is 6.61 Å². The molecule has 0 saturated heterocycles. The summed E-state index contributed by atoms with van der Waals surface area (Å²) in [6.45, 7) is 3.26. The Bertz CT molecular complexity index is 671. The van der Waals surface area contributed by atoms with Gasteiger partial charge in [0.2, 0.25) is 0 Å². The summed E-state index contributed by atoms with van der Waals surface area (Å²) in [5, 5.41) is 0. The maximum Gasteiger partial charge on any atom is 0.136 e. The van der Waals surface area contributed by atoms with Crippen molar-refractivity contribution in [2.45, 2.75) is 19.6 Å². The van der Waals surface area contributed by atoms with Crippen LogP contribution in [0.4, 0.5) is 11.5 Å². The molecule has 0 amide bonds. The van der Waals surface area contributed by atoms with E-state index in [9.17, 15) is 0 Å². The average molecular weight is 281 g/mol. The molecule has 4 nitrogen and oxygen atoms in total. The van der Waals surface area contributed by atoms with Crippen LogP contribution in [0, 0.1) is 0 Å². The van der Waals surface area contributed by atoms with E-state index >= 15 is 0 Å². The average Bonchev–Trinajstić information content (AvgIpc) is 2.54. The van der Waals surface area contributed by atoms with Crippen molar-refractivity contribution in [3.8, 4) is 0 Å². The first-order chi connectivity index (χ1) is 10.3. The zero-order valence-corrected chi connectivity index (χ0v) is 12.2. The summed E-state index contributed by atoms with van der Waals surface area (Å²) in [5.41, 5.74) is 5.33. The monoisotopic (exact) mass is 281 g/mol. The normalized spacial score (nSPS) is 17.4. The Morgan fingerprint density at radius 1 is 1.14 bits per heavy atom. The molecule has 0 radical (unpaired) electrons. The van der Waals surface area contributed by atoms with Gasteiger partial charge in [0, 0.05) is 37.6 Å². The van der Waals surface area contributed by atoms with E-state index in [0.717, 1.165) is 25.3 Å². The third-order valence-electron chi connectivity index (χ3n) is 4.38. The fourth-order valence-electron chi connectivity index (χ4n) is 3.27. The van der Waals surface area contributed by atoms with Crippen molar-refractivity contribution in [3.05, 3.63) is 53.2 Å². The molecule has 0 bridgehead atoms. The first-order valence-corrected chi connectivity index (χ1v) is 7.41. The summed E-state index contributed by atoms with van der Waals surface area (Å²) in [6.07, 6.45) is 2.99. The summed E-state index contributed by atoms with van der Waals surface area (Å²) in [5.74, 6) is 1.08. The van der Waals surface area contributed by atoms with Crippen LogP contribution in [0.1, 0.15) is 16.7 Å². The van der Waals surface area contributed by atoms with Crippen LogP contribution in [0.3, 0.4) is 0 Å². The van der Waals surface area contributed by atoms with Gasteiger partial charge in [0.25, 0.3) is 0 Å². The van der Waals surface area contributed by atoms with E-state index in [1.54, 1.807) is 0 Å². The number of anilines is 2. The number of rotatable bonds is 1. The highest BCUT2D eigenvalue weighted by Gasteiger charge is 2.24. The molecule has 21 heavy (non-hydrogen) atoms. The SMILES string of the molecule is CN1COCc2c1ccnc2N1CCc2ccccc2C1. The minimum atomic E-state index is 0.652. The zero-order valence-electron chi connectivity index (χ0n) is 12.2. The second-order valence-corrected chi connectivity index (χ2v) is 5.75. The van der Waals surface area contributed by atoms with Gasteiger partial charge in [-0.2, -0.15) is 0 Å². The van der Waals surface area contributed by atoms with E-state index in [0.29, 0.717) is 13.3 Å². The summed E-state index contributed by atoms with van der Waals surface area (Å²) in [7, 11) is 2.06. The molecule has 2 aliphatic rings. The Morgan fingerprint density at radius 2 is 2.00 bits per heavy atom. The number of aromatic nitrogens is 1. The molecular weight excluding hydrogens is 262 g/mol. The third-order valence-corrected chi connectivity index (χ3v) is 4.38. The second kappa shape index (κ2) is 5.04. The quantitative estimate of drug-likeness (QED) is 0.803. The van der Waals surface area contributed by atoms with Crippen LogP contribution in [0.15, 0.2) is 36.5 Å². The molecule has 0 N–H and O–H groups in total. The van der Waals surface area contributed by atoms with Crippen LogP contribution in [-0.4, -0.2) is 25.3 Å². The molecule has 1 aromatic carbocycles. The molecule has 2 aromatic rings. The predicted octanol–water partition coefficient (Wildman–Crippen LogP) is 2.57. The van der Waals surface area contributed by atoms with Crippen LogP contribution in [-0.2, 0) is 24.3 Å². The largest absolute Gasteiger partial charge is 0.356 e. The Hall–Kier alpha value is -2.07. The summed E-state index contributed by atoms with van der Waals surface area (Å²) in [6, 6.07) is 10.8. The molecule has 0 fully saturated rings. The van der Waals surface area contributed by atoms with Crippen LogP contribution >= 0.6 is 0 Å². The van der Waals surface area contributed by atoms with E-state index in [4.69, 9.17) is 4.74 Å². The van der Waals surface area contributed by atoms with Crippen molar-refractivity contribution in [2.24, 2.45) is 0 Å². The van der Waals surface area contributed by atoms with Gasteiger partial charge in [-0.25, -0.2) is 4.98 Å². The summed E-state index contributed by atoms with van der Waals surface area (Å²) in [4.78, 5) is 9.16. The number of hydrogen-bond acceptors (Lipinski definition) is 4. The van der Waals surface area contributed by atoms with Gasteiger partial charge in [-0.1, -0.05) is 24.3 Å². The van der Waals surface area contributed by atoms with E-state index in [2.05, 4.69) is 52.2 Å². The minimum Gasteiger partial charge on any atom is -0.356 e. The Labute approximate surface area is 125 Å². The van der Waals surface area contributed by atoms with Crippen molar-refractivity contribution in [2.75, 3.05) is 30.1 Å². The number of hydrogen-bond donors (Lipinski definition) is 0. The molecule has 1 aromatic heterocycles. The van der Waals surface area contributed by atoms with E-state index in [1.165, 1.54) is 22.4 Å². The topological polar surface area (TPSA) is 28.6 Å². The van der Waals surface area contributed by atoms with Gasteiger partial charge < -0.3 is 14.5 Å². The maximum absolute atomic E-state index is 5.67. The number of pyridine rings is 1. The van der Waals surface area contributed by atoms with Crippen LogP contribution < -0.4 is 9.80 Å². The van der Waals surface area contributed by atoms with Crippen molar-refractivity contribution in [1.82, 2.24) is 4.98 Å². The van der Waals surface area contributed by atoms with Gasteiger partial charge in [-0.05, 0) is 23.6 Å². The first kappa shape index (κ1) is 12.7. The van der Waals surface area contributed by atoms with Crippen LogP contribution in [0.2, 0.25) is 0 Å². The lowest BCUT2D eigenvalue weighted by atomic mass is 9.99. The molecule has 0 atom stereocenters. The molecule has 3 heterocycles. The summed E-state index contributed by atoms with van der Waals surface area (Å²) < 4.78 is 5.67. The third kappa shape index (κ3) is 2.16. The summed E-state index contributed by atoms with van der Waals surface area (Å²) >= 11 is 0. The van der Waals surface area contributed by atoms with Crippen LogP contribution in [0.25, 0.3) is 0 Å². The van der Waals surface area contributed by atoms with E-state index in [1.807, 2.05) is 6.20 Å². The molecule has 108 valence electrons. The lowest BCUT2D eigenvalue weighted by Crippen LogP contribution is -2.34. The lowest BCUT2D eigenvalue weighted by molar-refractivity contribution is 0.113. The number of nitrogens with zero attached hydrogens (tertiary/aromatic N) is 3. The van der Waals surface area contributed by atoms with Gasteiger partial charge in [0.15, 0.2) is 0 Å². The fraction of sp³-hybridized carbons (Fsp3) is 0.353. The zero-order chi connectivity index (χ0) is 14.2. The minimum absolute atomic E-state index is 0.652. The first-order valence-electron chi connectivity index (χ1n) is 7.41. The lowest BCUT2D eigenvalue weighted by Gasteiger charge is -2.34. The fourth-order valence-corrected chi connectivity index (χ4v) is 3.27. The molecule has 0 unspecified atom stereocenters.